The quantitative estimate of drug-likeness (QED) is 0.736. The van der Waals surface area contributed by atoms with E-state index in [1.807, 2.05) is 19.1 Å². The van der Waals surface area contributed by atoms with Crippen molar-refractivity contribution in [2.75, 3.05) is 0 Å². The van der Waals surface area contributed by atoms with E-state index in [0.29, 0.717) is 21.0 Å². The third-order valence-electron chi connectivity index (χ3n) is 2.21. The lowest BCUT2D eigenvalue weighted by Gasteiger charge is -1.99. The number of hydrogen-bond donors (Lipinski definition) is 0. The summed E-state index contributed by atoms with van der Waals surface area (Å²) < 4.78 is 0. The molecule has 0 radical (unpaired) electrons. The van der Waals surface area contributed by atoms with E-state index >= 15 is 0 Å². The molecule has 0 saturated carbocycles. The monoisotopic (exact) mass is 298 g/mol. The van der Waals surface area contributed by atoms with Crippen molar-refractivity contribution in [2.24, 2.45) is 0 Å². The molecule has 2 rings (SSSR count). The maximum Gasteiger partial charge on any atom is 0.153 e. The van der Waals surface area contributed by atoms with Crippen LogP contribution in [0, 0.1) is 6.92 Å². The summed E-state index contributed by atoms with van der Waals surface area (Å²) in [5.74, 6) is 0.561. The summed E-state index contributed by atoms with van der Waals surface area (Å²) >= 11 is 17.6. The minimum atomic E-state index is 0.427. The van der Waals surface area contributed by atoms with Gasteiger partial charge < -0.3 is 0 Å². The number of benzene rings is 1. The average molecular weight is 300 g/mol. The maximum atomic E-state index is 5.93. The molecule has 5 heteroatoms. The minimum Gasteiger partial charge on any atom is -0.234 e. The van der Waals surface area contributed by atoms with Gasteiger partial charge in [-0.05, 0) is 36.8 Å². The van der Waals surface area contributed by atoms with Gasteiger partial charge in [0, 0.05) is 5.69 Å². The lowest BCUT2D eigenvalue weighted by Crippen LogP contribution is -1.90. The van der Waals surface area contributed by atoms with Gasteiger partial charge >= 0.3 is 0 Å². The molecule has 0 spiro atoms. The van der Waals surface area contributed by atoms with E-state index in [1.54, 1.807) is 24.3 Å². The third kappa shape index (κ3) is 3.45. The van der Waals surface area contributed by atoms with Crippen LogP contribution in [0.25, 0.3) is 12.2 Å². The number of aromatic nitrogens is 2. The van der Waals surface area contributed by atoms with Crippen LogP contribution in [-0.4, -0.2) is 9.97 Å². The fourth-order valence-corrected chi connectivity index (χ4v) is 1.96. The molecule has 1 aromatic carbocycles. The average Bonchev–Trinajstić information content (AvgIpc) is 2.29. The second-order valence-corrected chi connectivity index (χ2v) is 4.90. The Bertz CT molecular complexity index is 589. The molecule has 0 fully saturated rings. The summed E-state index contributed by atoms with van der Waals surface area (Å²) in [5.41, 5.74) is 1.74. The molecule has 0 N–H and O–H groups in total. The maximum absolute atomic E-state index is 5.93. The summed E-state index contributed by atoms with van der Waals surface area (Å²) in [5, 5.41) is 1.47. The lowest BCUT2D eigenvalue weighted by molar-refractivity contribution is 1.08. The summed E-state index contributed by atoms with van der Waals surface area (Å²) in [6, 6.07) is 7.09. The molecule has 0 bridgehead atoms. The highest BCUT2D eigenvalue weighted by molar-refractivity contribution is 6.42. The Labute approximate surface area is 120 Å². The second kappa shape index (κ2) is 5.70. The number of rotatable bonds is 2. The van der Waals surface area contributed by atoms with Crippen LogP contribution in [0.5, 0.6) is 0 Å². The zero-order valence-corrected chi connectivity index (χ0v) is 11.8. The fraction of sp³-hybridized carbons (Fsp3) is 0.0769. The van der Waals surface area contributed by atoms with Gasteiger partial charge in [-0.3, -0.25) is 0 Å². The second-order valence-electron chi connectivity index (χ2n) is 3.70. The standard InChI is InChI=1S/C13H9Cl3N2/c1-8-6-12(16)18-13(17-8)5-3-9-2-4-10(14)11(15)7-9/h2-7H,1H3. The molecule has 2 aromatic rings. The Kier molecular flexibility index (Phi) is 4.23. The summed E-state index contributed by atoms with van der Waals surface area (Å²) in [4.78, 5) is 8.35. The smallest absolute Gasteiger partial charge is 0.153 e. The SMILES string of the molecule is Cc1cc(Cl)nc(C=Cc2ccc(Cl)c(Cl)c2)n1. The van der Waals surface area contributed by atoms with Crippen LogP contribution < -0.4 is 0 Å². The van der Waals surface area contributed by atoms with E-state index in [9.17, 15) is 0 Å². The van der Waals surface area contributed by atoms with Crippen molar-refractivity contribution in [2.45, 2.75) is 6.92 Å². The zero-order chi connectivity index (χ0) is 13.1. The van der Waals surface area contributed by atoms with Gasteiger partial charge in [0.2, 0.25) is 0 Å². The van der Waals surface area contributed by atoms with Crippen molar-refractivity contribution >= 4 is 47.0 Å². The van der Waals surface area contributed by atoms with Crippen LogP contribution in [-0.2, 0) is 0 Å². The van der Waals surface area contributed by atoms with Gasteiger partial charge in [0.05, 0.1) is 10.0 Å². The van der Waals surface area contributed by atoms with Crippen LogP contribution in [0.3, 0.4) is 0 Å². The van der Waals surface area contributed by atoms with Crippen LogP contribution >= 0.6 is 34.8 Å². The van der Waals surface area contributed by atoms with Crippen molar-refractivity contribution in [3.05, 3.63) is 56.5 Å². The van der Waals surface area contributed by atoms with Crippen molar-refractivity contribution in [1.82, 2.24) is 9.97 Å². The summed E-state index contributed by atoms with van der Waals surface area (Å²) in [6.07, 6.45) is 3.63. The van der Waals surface area contributed by atoms with Crippen LogP contribution in [0.2, 0.25) is 15.2 Å². The van der Waals surface area contributed by atoms with Crippen molar-refractivity contribution in [1.29, 1.82) is 0 Å². The molecule has 1 heterocycles. The van der Waals surface area contributed by atoms with Gasteiger partial charge in [-0.1, -0.05) is 46.9 Å². The molecule has 0 saturated heterocycles. The Hall–Kier alpha value is -1.09. The summed E-state index contributed by atoms with van der Waals surface area (Å²) in [6.45, 7) is 1.87. The van der Waals surface area contributed by atoms with E-state index in [-0.39, 0.29) is 0 Å². The number of aryl methyl sites for hydroxylation is 1. The molecule has 1 aromatic heterocycles. The van der Waals surface area contributed by atoms with E-state index in [4.69, 9.17) is 34.8 Å². The Morgan fingerprint density at radius 1 is 0.944 bits per heavy atom. The zero-order valence-electron chi connectivity index (χ0n) is 9.49. The number of halogens is 3. The van der Waals surface area contributed by atoms with E-state index in [2.05, 4.69) is 9.97 Å². The van der Waals surface area contributed by atoms with Crippen molar-refractivity contribution < 1.29 is 0 Å². The van der Waals surface area contributed by atoms with Gasteiger partial charge in [0.25, 0.3) is 0 Å². The predicted molar refractivity (Wildman–Crippen MR) is 77.2 cm³/mol. The van der Waals surface area contributed by atoms with Gasteiger partial charge in [0.15, 0.2) is 5.82 Å². The van der Waals surface area contributed by atoms with E-state index in [0.717, 1.165) is 11.3 Å². The molecule has 0 aliphatic carbocycles. The molecular formula is C13H9Cl3N2. The van der Waals surface area contributed by atoms with Crippen molar-refractivity contribution in [3.63, 3.8) is 0 Å². The topological polar surface area (TPSA) is 25.8 Å². The molecule has 0 aliphatic heterocycles. The van der Waals surface area contributed by atoms with Gasteiger partial charge in [-0.15, -0.1) is 0 Å². The van der Waals surface area contributed by atoms with Crippen LogP contribution in [0.1, 0.15) is 17.1 Å². The first kappa shape index (κ1) is 13.3. The molecule has 0 atom stereocenters. The largest absolute Gasteiger partial charge is 0.234 e. The van der Waals surface area contributed by atoms with Crippen molar-refractivity contribution in [3.8, 4) is 0 Å². The molecule has 18 heavy (non-hydrogen) atoms. The molecule has 0 amide bonds. The first-order valence-corrected chi connectivity index (χ1v) is 6.32. The normalized spacial score (nSPS) is 11.1. The Morgan fingerprint density at radius 2 is 1.72 bits per heavy atom. The predicted octanol–water partition coefficient (Wildman–Crippen LogP) is 4.92. The summed E-state index contributed by atoms with van der Waals surface area (Å²) in [7, 11) is 0. The lowest BCUT2D eigenvalue weighted by atomic mass is 10.2. The van der Waals surface area contributed by atoms with Crippen LogP contribution in [0.15, 0.2) is 24.3 Å². The molecule has 92 valence electrons. The Morgan fingerprint density at radius 3 is 2.39 bits per heavy atom. The third-order valence-corrected chi connectivity index (χ3v) is 3.14. The first-order chi connectivity index (χ1) is 8.54. The number of hydrogen-bond acceptors (Lipinski definition) is 2. The molecule has 2 nitrogen and oxygen atoms in total. The molecule has 0 unspecified atom stereocenters. The first-order valence-electron chi connectivity index (χ1n) is 5.19. The van der Waals surface area contributed by atoms with Gasteiger partial charge in [-0.2, -0.15) is 0 Å². The highest BCUT2D eigenvalue weighted by Crippen LogP contribution is 2.23. The van der Waals surface area contributed by atoms with Crippen LogP contribution in [0.4, 0.5) is 0 Å². The minimum absolute atomic E-state index is 0.427. The highest BCUT2D eigenvalue weighted by Gasteiger charge is 1.99. The fourth-order valence-electron chi connectivity index (χ4n) is 1.41. The highest BCUT2D eigenvalue weighted by atomic mass is 35.5. The molecular weight excluding hydrogens is 291 g/mol. The van der Waals surface area contributed by atoms with E-state index < -0.39 is 0 Å². The molecule has 0 aliphatic rings. The number of nitrogens with zero attached hydrogens (tertiary/aromatic N) is 2. The Balaban J connectivity index is 2.27. The van der Waals surface area contributed by atoms with E-state index in [1.165, 1.54) is 0 Å². The van der Waals surface area contributed by atoms with Gasteiger partial charge in [-0.25, -0.2) is 9.97 Å². The van der Waals surface area contributed by atoms with Gasteiger partial charge in [0.1, 0.15) is 5.15 Å².